The summed E-state index contributed by atoms with van der Waals surface area (Å²) >= 11 is 5.87. The van der Waals surface area contributed by atoms with E-state index in [2.05, 4.69) is 5.43 Å². The van der Waals surface area contributed by atoms with Crippen molar-refractivity contribution in [1.29, 1.82) is 0 Å². The van der Waals surface area contributed by atoms with Crippen LogP contribution in [0.5, 0.6) is 0 Å². The largest absolute Gasteiger partial charge is 0.324 e. The van der Waals surface area contributed by atoms with Crippen LogP contribution in [0.1, 0.15) is 11.1 Å². The average molecular weight is 171 g/mol. The number of hydrogen-bond acceptors (Lipinski definition) is 2. The van der Waals surface area contributed by atoms with Gasteiger partial charge in [-0.2, -0.15) is 0 Å². The van der Waals surface area contributed by atoms with Gasteiger partial charge in [-0.25, -0.2) is 0 Å². The number of benzene rings is 1. The van der Waals surface area contributed by atoms with Crippen molar-refractivity contribution in [3.05, 3.63) is 28.3 Å². The van der Waals surface area contributed by atoms with Crippen molar-refractivity contribution in [2.45, 2.75) is 13.8 Å². The van der Waals surface area contributed by atoms with Gasteiger partial charge in [0.2, 0.25) is 0 Å². The van der Waals surface area contributed by atoms with E-state index >= 15 is 0 Å². The molecule has 0 fully saturated rings. The van der Waals surface area contributed by atoms with E-state index in [4.69, 9.17) is 17.4 Å². The normalized spacial score (nSPS) is 9.82. The average Bonchev–Trinajstić information content (AvgIpc) is 2.01. The summed E-state index contributed by atoms with van der Waals surface area (Å²) in [4.78, 5) is 0. The highest BCUT2D eigenvalue weighted by atomic mass is 35.5. The Morgan fingerprint density at radius 1 is 1.27 bits per heavy atom. The van der Waals surface area contributed by atoms with Crippen LogP contribution in [-0.4, -0.2) is 0 Å². The predicted octanol–water partition coefficient (Wildman–Crippen LogP) is 2.24. The summed E-state index contributed by atoms with van der Waals surface area (Å²) in [5, 5.41) is 0.779. The highest BCUT2D eigenvalue weighted by Gasteiger charge is 2.02. The Labute approximate surface area is 71.3 Å². The van der Waals surface area contributed by atoms with Crippen molar-refractivity contribution < 1.29 is 0 Å². The molecule has 1 rings (SSSR count). The van der Waals surface area contributed by atoms with Crippen LogP contribution in [0.25, 0.3) is 0 Å². The quantitative estimate of drug-likeness (QED) is 0.501. The number of nitrogens with one attached hydrogen (secondary N) is 1. The third-order valence-corrected chi connectivity index (χ3v) is 2.29. The van der Waals surface area contributed by atoms with E-state index in [-0.39, 0.29) is 0 Å². The highest BCUT2D eigenvalue weighted by Crippen LogP contribution is 2.24. The van der Waals surface area contributed by atoms with E-state index < -0.39 is 0 Å². The second-order valence-electron chi connectivity index (χ2n) is 2.49. The number of rotatable bonds is 1. The molecule has 0 amide bonds. The zero-order chi connectivity index (χ0) is 8.43. The number of hydrogen-bond donors (Lipinski definition) is 2. The van der Waals surface area contributed by atoms with Gasteiger partial charge < -0.3 is 5.43 Å². The standard InChI is InChI=1S/C8H11ClN2/c1-5-6(2)8(11-10)4-3-7(5)9/h3-4,11H,10H2,1-2H3. The van der Waals surface area contributed by atoms with E-state index in [9.17, 15) is 0 Å². The summed E-state index contributed by atoms with van der Waals surface area (Å²) in [7, 11) is 0. The summed E-state index contributed by atoms with van der Waals surface area (Å²) in [6.07, 6.45) is 0. The molecule has 0 saturated heterocycles. The maximum absolute atomic E-state index is 5.87. The fraction of sp³-hybridized carbons (Fsp3) is 0.250. The minimum absolute atomic E-state index is 0.779. The fourth-order valence-electron chi connectivity index (χ4n) is 0.944. The monoisotopic (exact) mass is 170 g/mol. The van der Waals surface area contributed by atoms with E-state index in [0.717, 1.165) is 21.8 Å². The van der Waals surface area contributed by atoms with Crippen LogP contribution in [0.15, 0.2) is 12.1 Å². The Balaban J connectivity index is 3.25. The summed E-state index contributed by atoms with van der Waals surface area (Å²) in [5.74, 6) is 5.28. The molecule has 0 saturated carbocycles. The van der Waals surface area contributed by atoms with E-state index in [0.29, 0.717) is 0 Å². The molecule has 0 unspecified atom stereocenters. The SMILES string of the molecule is Cc1c(Cl)ccc(NN)c1C. The lowest BCUT2D eigenvalue weighted by molar-refractivity contribution is 1.27. The summed E-state index contributed by atoms with van der Waals surface area (Å²) < 4.78 is 0. The van der Waals surface area contributed by atoms with Gasteiger partial charge in [0.1, 0.15) is 0 Å². The third-order valence-electron chi connectivity index (χ3n) is 1.88. The smallest absolute Gasteiger partial charge is 0.0517 e. The molecule has 0 spiro atoms. The van der Waals surface area contributed by atoms with Gasteiger partial charge in [0.25, 0.3) is 0 Å². The zero-order valence-electron chi connectivity index (χ0n) is 6.61. The predicted molar refractivity (Wildman–Crippen MR) is 48.7 cm³/mol. The van der Waals surface area contributed by atoms with Gasteiger partial charge in [0.15, 0.2) is 0 Å². The van der Waals surface area contributed by atoms with E-state index in [1.807, 2.05) is 26.0 Å². The molecule has 3 N–H and O–H groups in total. The first kappa shape index (κ1) is 8.37. The van der Waals surface area contributed by atoms with Crippen molar-refractivity contribution in [2.24, 2.45) is 5.84 Å². The number of nitrogens with two attached hydrogens (primary N) is 1. The van der Waals surface area contributed by atoms with Crippen LogP contribution in [0.2, 0.25) is 5.02 Å². The molecule has 1 aromatic rings. The van der Waals surface area contributed by atoms with Crippen molar-refractivity contribution in [1.82, 2.24) is 0 Å². The van der Waals surface area contributed by atoms with Crippen molar-refractivity contribution in [3.8, 4) is 0 Å². The molecule has 60 valence electrons. The minimum atomic E-state index is 0.779. The molecule has 0 radical (unpaired) electrons. The molecule has 3 heteroatoms. The van der Waals surface area contributed by atoms with Gasteiger partial charge in [-0.1, -0.05) is 11.6 Å². The summed E-state index contributed by atoms with van der Waals surface area (Å²) in [6.45, 7) is 3.95. The van der Waals surface area contributed by atoms with Crippen LogP contribution < -0.4 is 11.3 Å². The first-order valence-electron chi connectivity index (χ1n) is 3.39. The Hall–Kier alpha value is -0.730. The number of halogens is 1. The summed E-state index contributed by atoms with van der Waals surface area (Å²) in [6, 6.07) is 3.70. The summed E-state index contributed by atoms with van der Waals surface area (Å²) in [5.41, 5.74) is 5.70. The molecule has 0 bridgehead atoms. The van der Waals surface area contributed by atoms with E-state index in [1.165, 1.54) is 0 Å². The highest BCUT2D eigenvalue weighted by molar-refractivity contribution is 6.31. The number of anilines is 1. The fourth-order valence-corrected chi connectivity index (χ4v) is 1.15. The molecule has 1 aromatic carbocycles. The molecule has 0 heterocycles. The van der Waals surface area contributed by atoms with Gasteiger partial charge in [-0.05, 0) is 37.1 Å². The van der Waals surface area contributed by atoms with Gasteiger partial charge in [-0.3, -0.25) is 5.84 Å². The molecule has 2 nitrogen and oxygen atoms in total. The maximum Gasteiger partial charge on any atom is 0.0517 e. The van der Waals surface area contributed by atoms with Gasteiger partial charge in [0.05, 0.1) is 5.69 Å². The minimum Gasteiger partial charge on any atom is -0.324 e. The molecular weight excluding hydrogens is 160 g/mol. The van der Waals surface area contributed by atoms with Crippen LogP contribution in [0, 0.1) is 13.8 Å². The lowest BCUT2D eigenvalue weighted by Gasteiger charge is -2.08. The molecule has 0 aromatic heterocycles. The number of hydrazine groups is 1. The molecule has 11 heavy (non-hydrogen) atoms. The van der Waals surface area contributed by atoms with Crippen molar-refractivity contribution in [3.63, 3.8) is 0 Å². The van der Waals surface area contributed by atoms with Crippen molar-refractivity contribution in [2.75, 3.05) is 5.43 Å². The topological polar surface area (TPSA) is 38.0 Å². The first-order valence-corrected chi connectivity index (χ1v) is 3.77. The lowest BCUT2D eigenvalue weighted by atomic mass is 10.1. The zero-order valence-corrected chi connectivity index (χ0v) is 7.37. The Kier molecular flexibility index (Phi) is 2.37. The molecule has 0 atom stereocenters. The van der Waals surface area contributed by atoms with Crippen LogP contribution in [0.3, 0.4) is 0 Å². The lowest BCUT2D eigenvalue weighted by Crippen LogP contribution is -2.08. The van der Waals surface area contributed by atoms with Crippen LogP contribution in [-0.2, 0) is 0 Å². The third kappa shape index (κ3) is 1.47. The molecule has 0 aliphatic heterocycles. The van der Waals surface area contributed by atoms with Crippen molar-refractivity contribution >= 4 is 17.3 Å². The second-order valence-corrected chi connectivity index (χ2v) is 2.90. The Bertz CT molecular complexity index is 271. The Morgan fingerprint density at radius 3 is 2.45 bits per heavy atom. The molecular formula is C8H11ClN2. The van der Waals surface area contributed by atoms with Gasteiger partial charge >= 0.3 is 0 Å². The first-order chi connectivity index (χ1) is 5.16. The van der Waals surface area contributed by atoms with Crippen LogP contribution >= 0.6 is 11.6 Å². The van der Waals surface area contributed by atoms with E-state index in [1.54, 1.807) is 0 Å². The molecule has 0 aliphatic carbocycles. The van der Waals surface area contributed by atoms with Gasteiger partial charge in [-0.15, -0.1) is 0 Å². The number of nitrogen functional groups attached to an aromatic ring is 1. The maximum atomic E-state index is 5.87. The Morgan fingerprint density at radius 2 is 1.91 bits per heavy atom. The molecule has 0 aliphatic rings. The van der Waals surface area contributed by atoms with Crippen LogP contribution in [0.4, 0.5) is 5.69 Å². The van der Waals surface area contributed by atoms with Gasteiger partial charge in [0, 0.05) is 5.02 Å². The second kappa shape index (κ2) is 3.11.